The van der Waals surface area contributed by atoms with Crippen LogP contribution in [0.4, 0.5) is 0 Å². The minimum atomic E-state index is -0.117. The van der Waals surface area contributed by atoms with Crippen molar-refractivity contribution >= 4 is 17.0 Å². The number of benzene rings is 1. The van der Waals surface area contributed by atoms with Gasteiger partial charge in [-0.05, 0) is 0 Å². The van der Waals surface area contributed by atoms with E-state index >= 15 is 0 Å². The van der Waals surface area contributed by atoms with Gasteiger partial charge in [0.15, 0.2) is 22.7 Å². The molecular weight excluding hydrogens is 304 g/mol. The smallest absolute Gasteiger partial charge is 0.206 e. The predicted molar refractivity (Wildman–Crippen MR) is 81.2 cm³/mol. The maximum atomic E-state index is 9.07. The summed E-state index contributed by atoms with van der Waals surface area (Å²) in [4.78, 5) is 20.7. The lowest BCUT2D eigenvalue weighted by molar-refractivity contribution is 1.11. The quantitative estimate of drug-likeness (QED) is 0.448. The van der Waals surface area contributed by atoms with Gasteiger partial charge in [-0.3, -0.25) is 0 Å². The van der Waals surface area contributed by atoms with Gasteiger partial charge in [-0.25, -0.2) is 19.9 Å². The fraction of sp³-hybridized carbons (Fsp3) is 0. The van der Waals surface area contributed by atoms with Crippen LogP contribution in [0.2, 0.25) is 0 Å². The number of rotatable bonds is 0. The van der Waals surface area contributed by atoms with Crippen molar-refractivity contribution in [2.75, 3.05) is 0 Å². The zero-order valence-electron chi connectivity index (χ0n) is 11.9. The molecule has 0 bridgehead atoms. The Morgan fingerprint density at radius 2 is 1.33 bits per heavy atom. The zero-order valence-corrected chi connectivity index (χ0v) is 11.9. The molecule has 2 aromatic heterocycles. The molecule has 0 amide bonds. The van der Waals surface area contributed by atoms with Gasteiger partial charge in [0.05, 0.1) is 0 Å². The third-order valence-corrected chi connectivity index (χ3v) is 3.55. The molecule has 0 saturated carbocycles. The van der Waals surface area contributed by atoms with E-state index < -0.39 is 0 Å². The van der Waals surface area contributed by atoms with Crippen LogP contribution in [-0.2, 0) is 0 Å². The molecule has 1 aliphatic carbocycles. The van der Waals surface area contributed by atoms with Crippen molar-refractivity contribution < 1.29 is 0 Å². The van der Waals surface area contributed by atoms with Crippen molar-refractivity contribution in [1.29, 1.82) is 15.8 Å². The van der Waals surface area contributed by atoms with Gasteiger partial charge in [-0.1, -0.05) is 24.3 Å². The van der Waals surface area contributed by atoms with E-state index in [1.165, 1.54) is 0 Å². The summed E-state index contributed by atoms with van der Waals surface area (Å²) < 4.78 is 0. The summed E-state index contributed by atoms with van der Waals surface area (Å²) in [5.41, 5.74) is 2.93. The van der Waals surface area contributed by atoms with Crippen molar-refractivity contribution in [3.63, 3.8) is 0 Å². The van der Waals surface area contributed by atoms with Gasteiger partial charge >= 0.3 is 0 Å². The fourth-order valence-corrected chi connectivity index (χ4v) is 2.58. The maximum Gasteiger partial charge on any atom is 0.206 e. The molecule has 4 rings (SSSR count). The van der Waals surface area contributed by atoms with Crippen LogP contribution >= 0.6 is 0 Å². The molecule has 0 saturated heterocycles. The van der Waals surface area contributed by atoms with Crippen molar-refractivity contribution in [2.24, 2.45) is 4.99 Å². The highest BCUT2D eigenvalue weighted by molar-refractivity contribution is 6.23. The number of hydrogen-bond acceptors (Lipinski definition) is 8. The summed E-state index contributed by atoms with van der Waals surface area (Å²) in [7, 11) is 0. The van der Waals surface area contributed by atoms with Crippen LogP contribution in [0.1, 0.15) is 22.6 Å². The first kappa shape index (κ1) is 13.4. The second-order valence-electron chi connectivity index (χ2n) is 4.82. The van der Waals surface area contributed by atoms with E-state index in [0.29, 0.717) is 17.1 Å². The Kier molecular flexibility index (Phi) is 2.75. The van der Waals surface area contributed by atoms with Gasteiger partial charge < -0.3 is 0 Å². The second kappa shape index (κ2) is 4.91. The molecule has 2 heterocycles. The van der Waals surface area contributed by atoms with Crippen LogP contribution in [0, 0.1) is 34.1 Å². The molecule has 8 heteroatoms. The molecule has 8 nitrogen and oxygen atoms in total. The summed E-state index contributed by atoms with van der Waals surface area (Å²) in [5, 5.41) is 27.1. The number of aliphatic imine (C=N–C) groups is 1. The monoisotopic (exact) mass is 308 g/mol. The van der Waals surface area contributed by atoms with Crippen molar-refractivity contribution in [3.8, 4) is 29.6 Å². The molecule has 0 spiro atoms. The van der Waals surface area contributed by atoms with Crippen molar-refractivity contribution in [3.05, 3.63) is 46.9 Å². The lowest BCUT2D eigenvalue weighted by Crippen LogP contribution is -2.05. The Hall–Kier alpha value is -4.22. The van der Waals surface area contributed by atoms with Crippen molar-refractivity contribution in [2.45, 2.75) is 0 Å². The summed E-state index contributed by atoms with van der Waals surface area (Å²) in [6.45, 7) is 0. The van der Waals surface area contributed by atoms with Gasteiger partial charge in [-0.15, -0.1) is 0 Å². The van der Waals surface area contributed by atoms with E-state index in [9.17, 15) is 0 Å². The Morgan fingerprint density at radius 1 is 0.750 bits per heavy atom. The topological polar surface area (TPSA) is 135 Å². The van der Waals surface area contributed by atoms with Crippen LogP contribution < -0.4 is 0 Å². The van der Waals surface area contributed by atoms with Crippen LogP contribution in [0.15, 0.2) is 29.3 Å². The first-order valence-electron chi connectivity index (χ1n) is 6.73. The molecule has 3 aromatic rings. The molecule has 1 aliphatic rings. The molecule has 0 atom stereocenters. The predicted octanol–water partition coefficient (Wildman–Crippen LogP) is 1.46. The Bertz CT molecular complexity index is 1190. The highest BCUT2D eigenvalue weighted by Gasteiger charge is 2.29. The van der Waals surface area contributed by atoms with Gasteiger partial charge in [0.2, 0.25) is 6.19 Å². The van der Waals surface area contributed by atoms with Crippen LogP contribution in [0.3, 0.4) is 0 Å². The molecule has 108 valence electrons. The molecule has 0 N–H and O–H groups in total. The Morgan fingerprint density at radius 3 is 1.92 bits per heavy atom. The lowest BCUT2D eigenvalue weighted by atomic mass is 10.1. The lowest BCUT2D eigenvalue weighted by Gasteiger charge is -2.02. The number of hydrogen-bond donors (Lipinski definition) is 0. The third-order valence-electron chi connectivity index (χ3n) is 3.55. The average molecular weight is 308 g/mol. The van der Waals surface area contributed by atoms with E-state index in [2.05, 4.69) is 24.9 Å². The number of fused-ring (bicyclic) bond motifs is 4. The van der Waals surface area contributed by atoms with Crippen molar-refractivity contribution in [1.82, 2.24) is 19.9 Å². The van der Waals surface area contributed by atoms with Gasteiger partial charge in [0, 0.05) is 11.1 Å². The van der Waals surface area contributed by atoms with Gasteiger partial charge in [0.25, 0.3) is 0 Å². The summed E-state index contributed by atoms with van der Waals surface area (Å²) >= 11 is 0. The molecule has 0 fully saturated rings. The average Bonchev–Trinajstić information content (AvgIpc) is 2.92. The zero-order chi connectivity index (χ0) is 16.7. The number of nitriles is 3. The maximum absolute atomic E-state index is 9.07. The standard InChI is InChI=1S/C16H4N8/c17-5-10-11(6-18)22-16-15(21-10)23-13-9-4-2-1-3-8(9)12(20-7-19)14(13)24-16/h1-4H. The second-order valence-corrected chi connectivity index (χ2v) is 4.82. The highest BCUT2D eigenvalue weighted by Crippen LogP contribution is 2.35. The van der Waals surface area contributed by atoms with Crippen LogP contribution in [-0.4, -0.2) is 25.6 Å². The highest BCUT2D eigenvalue weighted by atomic mass is 15.0. The molecule has 0 radical (unpaired) electrons. The first-order valence-corrected chi connectivity index (χ1v) is 6.73. The molecular formula is C16H4N8. The molecule has 0 unspecified atom stereocenters. The SMILES string of the molecule is N#CN=C1c2ccccc2-c2nc3nc(C#N)c(C#N)nc3nc21. The molecule has 1 aromatic carbocycles. The number of nitrogens with zero attached hydrogens (tertiary/aromatic N) is 8. The van der Waals surface area contributed by atoms with Crippen LogP contribution in [0.25, 0.3) is 22.6 Å². The van der Waals surface area contributed by atoms with Gasteiger partial charge in [-0.2, -0.15) is 20.8 Å². The minimum absolute atomic E-state index is 0.101. The van der Waals surface area contributed by atoms with Crippen LogP contribution in [0.5, 0.6) is 0 Å². The van der Waals surface area contributed by atoms with E-state index in [-0.39, 0.29) is 22.7 Å². The summed E-state index contributed by atoms with van der Waals surface area (Å²) in [6, 6.07) is 11.0. The van der Waals surface area contributed by atoms with E-state index in [4.69, 9.17) is 15.8 Å². The molecule has 0 aliphatic heterocycles. The normalized spacial score (nSPS) is 13.0. The molecule has 24 heavy (non-hydrogen) atoms. The summed E-state index contributed by atoms with van der Waals surface area (Å²) in [5.74, 6) is 0. The number of aromatic nitrogens is 4. The Balaban J connectivity index is 2.11. The van der Waals surface area contributed by atoms with Gasteiger partial charge in [0.1, 0.15) is 29.2 Å². The summed E-state index contributed by atoms with van der Waals surface area (Å²) in [6.07, 6.45) is 1.77. The third kappa shape index (κ3) is 1.73. The largest absolute Gasteiger partial charge is 0.223 e. The van der Waals surface area contributed by atoms with E-state index in [1.54, 1.807) is 6.19 Å². The Labute approximate surface area is 135 Å². The minimum Gasteiger partial charge on any atom is -0.223 e. The van der Waals surface area contributed by atoms with E-state index in [0.717, 1.165) is 11.1 Å². The fourth-order valence-electron chi connectivity index (χ4n) is 2.58. The first-order chi connectivity index (χ1) is 11.8. The van der Waals surface area contributed by atoms with E-state index in [1.807, 2.05) is 36.4 Å².